The highest BCUT2D eigenvalue weighted by atomic mass is 127. The van der Waals surface area contributed by atoms with E-state index in [0.29, 0.717) is 0 Å². The van der Waals surface area contributed by atoms with E-state index >= 15 is 0 Å². The topological polar surface area (TPSA) is 12.9 Å². The average molecular weight is 318 g/mol. The van der Waals surface area contributed by atoms with Crippen LogP contribution in [-0.2, 0) is 0 Å². The number of aryl methyl sites for hydroxylation is 1. The Hall–Kier alpha value is -0.350. The summed E-state index contributed by atoms with van der Waals surface area (Å²) in [5.41, 5.74) is 3.31. The molecule has 2 rings (SSSR count). The highest BCUT2D eigenvalue weighted by Crippen LogP contribution is 2.28. The number of hydrogen-bond acceptors (Lipinski definition) is 1. The maximum absolute atomic E-state index is 6.24. The molecule has 0 aliphatic carbocycles. The third-order valence-electron chi connectivity index (χ3n) is 2.40. The summed E-state index contributed by atoms with van der Waals surface area (Å²) in [6, 6.07) is 6.08. The van der Waals surface area contributed by atoms with Gasteiger partial charge in [0, 0.05) is 5.39 Å². The van der Waals surface area contributed by atoms with Gasteiger partial charge in [0.1, 0.15) is 3.70 Å². The summed E-state index contributed by atoms with van der Waals surface area (Å²) in [7, 11) is 0. The highest BCUT2D eigenvalue weighted by Gasteiger charge is 2.06. The predicted molar refractivity (Wildman–Crippen MR) is 68.9 cm³/mol. The molecule has 0 unspecified atom stereocenters. The second-order valence-electron chi connectivity index (χ2n) is 3.33. The summed E-state index contributed by atoms with van der Waals surface area (Å²) >= 11 is 8.45. The van der Waals surface area contributed by atoms with E-state index in [4.69, 9.17) is 11.6 Å². The summed E-state index contributed by atoms with van der Waals surface area (Å²) in [6.07, 6.45) is 0. The van der Waals surface area contributed by atoms with Crippen molar-refractivity contribution in [2.24, 2.45) is 0 Å². The van der Waals surface area contributed by atoms with Crippen LogP contribution in [0.5, 0.6) is 0 Å². The lowest BCUT2D eigenvalue weighted by molar-refractivity contribution is 1.30. The van der Waals surface area contributed by atoms with Crippen LogP contribution in [0.4, 0.5) is 0 Å². The van der Waals surface area contributed by atoms with Crippen molar-refractivity contribution in [2.45, 2.75) is 13.8 Å². The predicted octanol–water partition coefficient (Wildman–Crippen LogP) is 4.11. The van der Waals surface area contributed by atoms with E-state index < -0.39 is 0 Å². The average Bonchev–Trinajstić information content (AvgIpc) is 2.14. The molecule has 0 fully saturated rings. The Morgan fingerprint density at radius 1 is 1.29 bits per heavy atom. The summed E-state index contributed by atoms with van der Waals surface area (Å²) in [6.45, 7) is 4.09. The first-order valence-corrected chi connectivity index (χ1v) is 5.77. The van der Waals surface area contributed by atoms with Crippen molar-refractivity contribution in [1.82, 2.24) is 4.98 Å². The minimum Gasteiger partial charge on any atom is -0.242 e. The molecule has 0 saturated heterocycles. The maximum atomic E-state index is 6.24. The van der Waals surface area contributed by atoms with Gasteiger partial charge in [0.2, 0.25) is 0 Å². The zero-order chi connectivity index (χ0) is 10.3. The second-order valence-corrected chi connectivity index (χ2v) is 4.82. The molecule has 0 radical (unpaired) electrons. The van der Waals surface area contributed by atoms with E-state index in [1.165, 1.54) is 5.56 Å². The minimum absolute atomic E-state index is 0.823. The van der Waals surface area contributed by atoms with E-state index in [-0.39, 0.29) is 0 Å². The molecule has 1 nitrogen and oxygen atoms in total. The Balaban J connectivity index is 2.91. The lowest BCUT2D eigenvalue weighted by Crippen LogP contribution is -1.89. The van der Waals surface area contributed by atoms with Crippen LogP contribution in [0, 0.1) is 17.5 Å². The van der Waals surface area contributed by atoms with Gasteiger partial charge in [-0.1, -0.05) is 11.6 Å². The molecular weight excluding hydrogens is 308 g/mol. The Bertz CT molecular complexity index is 508. The van der Waals surface area contributed by atoms with Gasteiger partial charge in [-0.05, 0) is 65.8 Å². The maximum Gasteiger partial charge on any atom is 0.102 e. The number of fused-ring (bicyclic) bond motifs is 1. The number of nitrogens with zero attached hydrogens (tertiary/aromatic N) is 1. The molecule has 0 saturated carbocycles. The summed E-state index contributed by atoms with van der Waals surface area (Å²) in [5.74, 6) is 0. The summed E-state index contributed by atoms with van der Waals surface area (Å²) in [5, 5.41) is 1.86. The van der Waals surface area contributed by atoms with Gasteiger partial charge in [-0.15, -0.1) is 0 Å². The Morgan fingerprint density at radius 2 is 2.00 bits per heavy atom. The fourth-order valence-corrected chi connectivity index (χ4v) is 2.18. The van der Waals surface area contributed by atoms with Crippen LogP contribution in [-0.4, -0.2) is 4.98 Å². The van der Waals surface area contributed by atoms with Gasteiger partial charge < -0.3 is 0 Å². The molecule has 1 aromatic carbocycles. The summed E-state index contributed by atoms with van der Waals surface area (Å²) < 4.78 is 0.995. The lowest BCUT2D eigenvalue weighted by Gasteiger charge is -2.07. The number of halogens is 2. The standard InChI is InChI=1S/C11H9ClIN/c1-6-5-9-8(11(12)7(6)2)3-4-10(13)14-9/h3-5H,1-2H3. The van der Waals surface area contributed by atoms with Gasteiger partial charge >= 0.3 is 0 Å². The van der Waals surface area contributed by atoms with E-state index in [0.717, 1.165) is 25.2 Å². The summed E-state index contributed by atoms with van der Waals surface area (Å²) in [4.78, 5) is 4.44. The molecule has 1 heterocycles. The molecule has 72 valence electrons. The Labute approximate surface area is 102 Å². The highest BCUT2D eigenvalue weighted by molar-refractivity contribution is 14.1. The van der Waals surface area contributed by atoms with E-state index in [9.17, 15) is 0 Å². The van der Waals surface area contributed by atoms with E-state index in [1.807, 2.05) is 19.1 Å². The van der Waals surface area contributed by atoms with Crippen molar-refractivity contribution in [1.29, 1.82) is 0 Å². The smallest absolute Gasteiger partial charge is 0.102 e. The fourth-order valence-electron chi connectivity index (χ4n) is 1.43. The van der Waals surface area contributed by atoms with Gasteiger partial charge in [0.15, 0.2) is 0 Å². The van der Waals surface area contributed by atoms with Gasteiger partial charge in [-0.25, -0.2) is 4.98 Å². The molecule has 0 aliphatic heterocycles. The first kappa shape index (κ1) is 10.2. The number of aromatic nitrogens is 1. The lowest BCUT2D eigenvalue weighted by atomic mass is 10.1. The third-order valence-corrected chi connectivity index (χ3v) is 3.49. The number of hydrogen-bond donors (Lipinski definition) is 0. The normalized spacial score (nSPS) is 10.9. The first-order valence-electron chi connectivity index (χ1n) is 4.31. The SMILES string of the molecule is Cc1cc2nc(I)ccc2c(Cl)c1C. The van der Waals surface area contributed by atoms with Crippen LogP contribution in [0.25, 0.3) is 10.9 Å². The van der Waals surface area contributed by atoms with Crippen LogP contribution in [0.3, 0.4) is 0 Å². The quantitative estimate of drug-likeness (QED) is 0.526. The van der Waals surface area contributed by atoms with Crippen molar-refractivity contribution in [3.8, 4) is 0 Å². The molecule has 0 spiro atoms. The molecule has 14 heavy (non-hydrogen) atoms. The minimum atomic E-state index is 0.823. The van der Waals surface area contributed by atoms with Gasteiger partial charge in [-0.2, -0.15) is 0 Å². The van der Waals surface area contributed by atoms with Crippen LogP contribution in [0.15, 0.2) is 18.2 Å². The van der Waals surface area contributed by atoms with Gasteiger partial charge in [-0.3, -0.25) is 0 Å². The van der Waals surface area contributed by atoms with Crippen molar-refractivity contribution in [3.05, 3.63) is 38.0 Å². The first-order chi connectivity index (χ1) is 6.59. The van der Waals surface area contributed by atoms with Gasteiger partial charge in [0.05, 0.1) is 10.5 Å². The molecular formula is C11H9ClIN. The monoisotopic (exact) mass is 317 g/mol. The molecule has 0 amide bonds. The van der Waals surface area contributed by atoms with E-state index in [1.54, 1.807) is 0 Å². The van der Waals surface area contributed by atoms with Crippen molar-refractivity contribution < 1.29 is 0 Å². The largest absolute Gasteiger partial charge is 0.242 e. The van der Waals surface area contributed by atoms with Crippen molar-refractivity contribution >= 4 is 45.1 Å². The van der Waals surface area contributed by atoms with Crippen molar-refractivity contribution in [2.75, 3.05) is 0 Å². The fraction of sp³-hybridized carbons (Fsp3) is 0.182. The van der Waals surface area contributed by atoms with Crippen LogP contribution >= 0.6 is 34.2 Å². The molecule has 1 aromatic heterocycles. The third kappa shape index (κ3) is 1.61. The zero-order valence-electron chi connectivity index (χ0n) is 7.94. The zero-order valence-corrected chi connectivity index (χ0v) is 10.8. The van der Waals surface area contributed by atoms with Crippen molar-refractivity contribution in [3.63, 3.8) is 0 Å². The molecule has 2 aromatic rings. The molecule has 3 heteroatoms. The Kier molecular flexibility index (Phi) is 2.66. The Morgan fingerprint density at radius 3 is 2.71 bits per heavy atom. The molecule has 0 N–H and O–H groups in total. The molecule has 0 atom stereocenters. The van der Waals surface area contributed by atoms with E-state index in [2.05, 4.69) is 40.6 Å². The van der Waals surface area contributed by atoms with Gasteiger partial charge in [0.25, 0.3) is 0 Å². The number of pyridine rings is 1. The van der Waals surface area contributed by atoms with Crippen LogP contribution in [0.2, 0.25) is 5.02 Å². The van der Waals surface area contributed by atoms with Crippen LogP contribution in [0.1, 0.15) is 11.1 Å². The number of benzene rings is 1. The molecule has 0 aliphatic rings. The number of rotatable bonds is 0. The van der Waals surface area contributed by atoms with Crippen LogP contribution < -0.4 is 0 Å². The second kappa shape index (κ2) is 3.66. The molecule has 0 bridgehead atoms.